The van der Waals surface area contributed by atoms with Crippen LogP contribution in [0.4, 0.5) is 16.5 Å². The molecule has 1 fully saturated rings. The third-order valence-corrected chi connectivity index (χ3v) is 4.88. The summed E-state index contributed by atoms with van der Waals surface area (Å²) in [7, 11) is 3.49. The Morgan fingerprint density at radius 1 is 1.17 bits per heavy atom. The van der Waals surface area contributed by atoms with Crippen LogP contribution < -0.4 is 19.9 Å². The zero-order chi connectivity index (χ0) is 16.2. The molecule has 0 radical (unpaired) electrons. The van der Waals surface area contributed by atoms with Crippen LogP contribution in [0, 0.1) is 11.3 Å². The van der Waals surface area contributed by atoms with Gasteiger partial charge in [-0.3, -0.25) is 0 Å². The lowest BCUT2D eigenvalue weighted by atomic mass is 10.2. The first-order chi connectivity index (χ1) is 11.3. The molecule has 120 valence electrons. The van der Waals surface area contributed by atoms with E-state index < -0.39 is 0 Å². The maximum atomic E-state index is 9.36. The molecule has 0 atom stereocenters. The van der Waals surface area contributed by atoms with Crippen molar-refractivity contribution in [3.8, 4) is 11.8 Å². The zero-order valence-electron chi connectivity index (χ0n) is 13.2. The Balaban J connectivity index is 1.68. The summed E-state index contributed by atoms with van der Waals surface area (Å²) >= 11 is 1.34. The Hall–Kier alpha value is -2.46. The number of piperazine rings is 1. The molecular weight excluding hydrogens is 310 g/mol. The number of nitrogens with zero attached hydrogens (tertiary/aromatic N) is 4. The van der Waals surface area contributed by atoms with Gasteiger partial charge in [-0.25, -0.2) is 0 Å². The predicted molar refractivity (Wildman–Crippen MR) is 93.8 cm³/mol. The molecule has 1 aliphatic rings. The third kappa shape index (κ3) is 3.03. The molecule has 0 unspecified atom stereocenters. The van der Waals surface area contributed by atoms with E-state index in [9.17, 15) is 5.26 Å². The van der Waals surface area contributed by atoms with Crippen LogP contribution in [-0.4, -0.2) is 44.7 Å². The zero-order valence-corrected chi connectivity index (χ0v) is 14.1. The fraction of sp³-hybridized carbons (Fsp3) is 0.375. The lowest BCUT2D eigenvalue weighted by Gasteiger charge is -2.36. The van der Waals surface area contributed by atoms with Gasteiger partial charge < -0.3 is 19.9 Å². The molecule has 23 heavy (non-hydrogen) atoms. The number of hydrogen-bond acceptors (Lipinski definition) is 7. The highest BCUT2D eigenvalue weighted by Gasteiger charge is 2.23. The summed E-state index contributed by atoms with van der Waals surface area (Å²) in [6.07, 6.45) is 0. The van der Waals surface area contributed by atoms with Crippen LogP contribution in [0.25, 0.3) is 0 Å². The topological polar surface area (TPSA) is 64.4 Å². The lowest BCUT2D eigenvalue weighted by molar-refractivity contribution is 0.415. The monoisotopic (exact) mass is 329 g/mol. The standard InChI is InChI=1S/C16H19N5OS/c1-18-16-14(11-17)15(19-23-16)21-9-7-20(8-10-21)12-3-5-13(22-2)6-4-12/h3-6,18H,7-10H2,1-2H3. The van der Waals surface area contributed by atoms with E-state index in [1.54, 1.807) is 7.11 Å². The summed E-state index contributed by atoms with van der Waals surface area (Å²) in [6, 6.07) is 10.4. The van der Waals surface area contributed by atoms with E-state index in [0.717, 1.165) is 42.7 Å². The number of hydrogen-bond donors (Lipinski definition) is 1. The molecule has 1 N–H and O–H groups in total. The maximum absolute atomic E-state index is 9.36. The van der Waals surface area contributed by atoms with Crippen molar-refractivity contribution >= 4 is 28.0 Å². The van der Waals surface area contributed by atoms with Crippen LogP contribution in [-0.2, 0) is 0 Å². The van der Waals surface area contributed by atoms with Gasteiger partial charge in [0.25, 0.3) is 0 Å². The summed E-state index contributed by atoms with van der Waals surface area (Å²) in [4.78, 5) is 4.53. The number of anilines is 3. The molecule has 2 heterocycles. The second-order valence-electron chi connectivity index (χ2n) is 5.24. The molecule has 0 amide bonds. The van der Waals surface area contributed by atoms with Crippen molar-refractivity contribution in [3.63, 3.8) is 0 Å². The first-order valence-electron chi connectivity index (χ1n) is 7.48. The number of benzene rings is 1. The van der Waals surface area contributed by atoms with E-state index in [4.69, 9.17) is 4.74 Å². The average molecular weight is 329 g/mol. The number of methoxy groups -OCH3 is 1. The van der Waals surface area contributed by atoms with Gasteiger partial charge in [0.15, 0.2) is 5.82 Å². The minimum absolute atomic E-state index is 0.649. The van der Waals surface area contributed by atoms with E-state index in [1.807, 2.05) is 19.2 Å². The Bertz CT molecular complexity index is 698. The van der Waals surface area contributed by atoms with Crippen molar-refractivity contribution in [2.75, 3.05) is 55.5 Å². The van der Waals surface area contributed by atoms with E-state index >= 15 is 0 Å². The molecule has 1 saturated heterocycles. The van der Waals surface area contributed by atoms with E-state index in [-0.39, 0.29) is 0 Å². The molecule has 0 spiro atoms. The van der Waals surface area contributed by atoms with Crippen LogP contribution in [0.5, 0.6) is 5.75 Å². The lowest BCUT2D eigenvalue weighted by Crippen LogP contribution is -2.46. The molecule has 0 saturated carbocycles. The molecule has 6 nitrogen and oxygen atoms in total. The fourth-order valence-electron chi connectivity index (χ4n) is 2.74. The van der Waals surface area contributed by atoms with Gasteiger partial charge in [0.05, 0.1) is 7.11 Å². The van der Waals surface area contributed by atoms with Crippen LogP contribution in [0.15, 0.2) is 24.3 Å². The smallest absolute Gasteiger partial charge is 0.162 e. The summed E-state index contributed by atoms with van der Waals surface area (Å²) in [5, 5.41) is 13.2. The van der Waals surface area contributed by atoms with E-state index in [1.165, 1.54) is 17.2 Å². The maximum Gasteiger partial charge on any atom is 0.162 e. The van der Waals surface area contributed by atoms with Gasteiger partial charge in [-0.1, -0.05) is 0 Å². The van der Waals surface area contributed by atoms with Crippen LogP contribution in [0.2, 0.25) is 0 Å². The summed E-state index contributed by atoms with van der Waals surface area (Å²) < 4.78 is 9.65. The second-order valence-corrected chi connectivity index (χ2v) is 6.02. The van der Waals surface area contributed by atoms with Crippen molar-refractivity contribution in [1.29, 1.82) is 5.26 Å². The molecule has 7 heteroatoms. The van der Waals surface area contributed by atoms with Gasteiger partial charge in [0, 0.05) is 38.9 Å². The molecular formula is C16H19N5OS. The summed E-state index contributed by atoms with van der Waals surface area (Å²) in [6.45, 7) is 3.52. The normalized spacial score (nSPS) is 14.5. The van der Waals surface area contributed by atoms with Crippen molar-refractivity contribution in [2.45, 2.75) is 0 Å². The van der Waals surface area contributed by atoms with Gasteiger partial charge in [-0.15, -0.1) is 0 Å². The Kier molecular flexibility index (Phi) is 4.53. The van der Waals surface area contributed by atoms with Crippen LogP contribution >= 0.6 is 11.5 Å². The van der Waals surface area contributed by atoms with E-state index in [2.05, 4.69) is 37.7 Å². The van der Waals surface area contributed by atoms with Gasteiger partial charge in [-0.05, 0) is 35.8 Å². The number of ether oxygens (including phenoxy) is 1. The molecule has 1 aliphatic heterocycles. The largest absolute Gasteiger partial charge is 0.497 e. The minimum atomic E-state index is 0.649. The average Bonchev–Trinajstić information content (AvgIpc) is 3.05. The molecule has 1 aromatic carbocycles. The quantitative estimate of drug-likeness (QED) is 0.929. The van der Waals surface area contributed by atoms with Gasteiger partial charge in [0.1, 0.15) is 22.4 Å². The first kappa shape index (κ1) is 15.4. The van der Waals surface area contributed by atoms with Crippen molar-refractivity contribution in [1.82, 2.24) is 4.37 Å². The number of nitrogens with one attached hydrogen (secondary N) is 1. The highest BCUT2D eigenvalue weighted by atomic mass is 32.1. The SMILES string of the molecule is CNc1snc(N2CCN(c3ccc(OC)cc3)CC2)c1C#N. The van der Waals surface area contributed by atoms with Crippen LogP contribution in [0.1, 0.15) is 5.56 Å². The van der Waals surface area contributed by atoms with Gasteiger partial charge in [0.2, 0.25) is 0 Å². The molecule has 1 aromatic heterocycles. The Labute approximate surface area is 140 Å². The van der Waals surface area contributed by atoms with Gasteiger partial charge in [-0.2, -0.15) is 9.64 Å². The number of nitriles is 1. The molecule has 3 rings (SSSR count). The number of aromatic nitrogens is 1. The van der Waals surface area contributed by atoms with Crippen molar-refractivity contribution in [3.05, 3.63) is 29.8 Å². The highest BCUT2D eigenvalue weighted by Crippen LogP contribution is 2.31. The van der Waals surface area contributed by atoms with Crippen molar-refractivity contribution < 1.29 is 4.74 Å². The minimum Gasteiger partial charge on any atom is -0.497 e. The highest BCUT2D eigenvalue weighted by molar-refractivity contribution is 7.10. The van der Waals surface area contributed by atoms with Crippen molar-refractivity contribution in [2.24, 2.45) is 0 Å². The Morgan fingerprint density at radius 3 is 2.39 bits per heavy atom. The fourth-order valence-corrected chi connectivity index (χ4v) is 3.44. The van der Waals surface area contributed by atoms with E-state index in [0.29, 0.717) is 5.56 Å². The third-order valence-electron chi connectivity index (χ3n) is 4.03. The summed E-state index contributed by atoms with van der Waals surface area (Å²) in [5.41, 5.74) is 1.84. The van der Waals surface area contributed by atoms with Gasteiger partial charge >= 0.3 is 0 Å². The summed E-state index contributed by atoms with van der Waals surface area (Å²) in [5.74, 6) is 1.67. The molecule has 0 bridgehead atoms. The Morgan fingerprint density at radius 2 is 1.83 bits per heavy atom. The van der Waals surface area contributed by atoms with Crippen LogP contribution in [0.3, 0.4) is 0 Å². The first-order valence-corrected chi connectivity index (χ1v) is 8.25. The molecule has 2 aromatic rings. The number of rotatable bonds is 4. The predicted octanol–water partition coefficient (Wildman–Crippen LogP) is 2.39. The molecule has 0 aliphatic carbocycles. The second kappa shape index (κ2) is 6.75.